The predicted octanol–water partition coefficient (Wildman–Crippen LogP) is 0.650. The highest BCUT2D eigenvalue weighted by atomic mass is 16.7. The molecule has 1 fully saturated rings. The third kappa shape index (κ3) is 2.04. The van der Waals surface area contributed by atoms with E-state index in [1.54, 1.807) is 0 Å². The molecule has 0 saturated carbocycles. The van der Waals surface area contributed by atoms with Crippen molar-refractivity contribution < 1.29 is 19.5 Å². The first kappa shape index (κ1) is 11.0. The van der Waals surface area contributed by atoms with Gasteiger partial charge >= 0.3 is 5.97 Å². The topological polar surface area (TPSA) is 66.8 Å². The molecule has 5 nitrogen and oxygen atoms in total. The Labute approximate surface area is 82.6 Å². The third-order valence-electron chi connectivity index (χ3n) is 2.60. The van der Waals surface area contributed by atoms with Crippen LogP contribution in [0.5, 0.6) is 0 Å². The Morgan fingerprint density at radius 3 is 2.64 bits per heavy atom. The van der Waals surface area contributed by atoms with E-state index < -0.39 is 11.6 Å². The van der Waals surface area contributed by atoms with E-state index in [1.807, 2.05) is 20.8 Å². The van der Waals surface area contributed by atoms with E-state index in [-0.39, 0.29) is 24.8 Å². The Kier molecular flexibility index (Phi) is 2.80. The van der Waals surface area contributed by atoms with Gasteiger partial charge in [-0.3, -0.25) is 14.4 Å². The van der Waals surface area contributed by atoms with Gasteiger partial charge in [-0.2, -0.15) is 0 Å². The molecule has 80 valence electrons. The van der Waals surface area contributed by atoms with Gasteiger partial charge in [0.05, 0.1) is 6.42 Å². The summed E-state index contributed by atoms with van der Waals surface area (Å²) in [7, 11) is 0. The summed E-state index contributed by atoms with van der Waals surface area (Å²) in [6.45, 7) is 5.31. The summed E-state index contributed by atoms with van der Waals surface area (Å²) >= 11 is 0. The first-order valence-corrected chi connectivity index (χ1v) is 4.56. The number of amides is 1. The molecule has 1 atom stereocenters. The minimum Gasteiger partial charge on any atom is -0.480 e. The van der Waals surface area contributed by atoms with Crippen LogP contribution in [0.3, 0.4) is 0 Å². The highest BCUT2D eigenvalue weighted by Crippen LogP contribution is 2.32. The number of carboxylic acids is 1. The van der Waals surface area contributed by atoms with Gasteiger partial charge in [0, 0.05) is 0 Å². The van der Waals surface area contributed by atoms with E-state index in [0.29, 0.717) is 0 Å². The third-order valence-corrected chi connectivity index (χ3v) is 2.60. The molecule has 1 aliphatic heterocycles. The molecule has 0 radical (unpaired) electrons. The molecule has 1 saturated heterocycles. The molecular weight excluding hydrogens is 186 g/mol. The van der Waals surface area contributed by atoms with Crippen molar-refractivity contribution >= 4 is 11.9 Å². The highest BCUT2D eigenvalue weighted by molar-refractivity contribution is 5.82. The summed E-state index contributed by atoms with van der Waals surface area (Å²) in [6, 6.07) is 0. The van der Waals surface area contributed by atoms with Crippen LogP contribution in [0.4, 0.5) is 0 Å². The zero-order valence-electron chi connectivity index (χ0n) is 8.61. The molecule has 0 aromatic carbocycles. The van der Waals surface area contributed by atoms with Gasteiger partial charge < -0.3 is 5.11 Å². The summed E-state index contributed by atoms with van der Waals surface area (Å²) in [4.78, 5) is 27.1. The van der Waals surface area contributed by atoms with Gasteiger partial charge in [0.15, 0.2) is 0 Å². The lowest BCUT2D eigenvalue weighted by Gasteiger charge is -2.26. The summed E-state index contributed by atoms with van der Waals surface area (Å²) in [5, 5.41) is 9.46. The van der Waals surface area contributed by atoms with E-state index in [4.69, 9.17) is 9.94 Å². The van der Waals surface area contributed by atoms with Crippen molar-refractivity contribution in [3.63, 3.8) is 0 Å². The van der Waals surface area contributed by atoms with Crippen molar-refractivity contribution in [2.45, 2.75) is 32.8 Å². The zero-order valence-corrected chi connectivity index (χ0v) is 8.61. The fourth-order valence-corrected chi connectivity index (χ4v) is 1.28. The van der Waals surface area contributed by atoms with E-state index in [2.05, 4.69) is 0 Å². The molecule has 14 heavy (non-hydrogen) atoms. The molecule has 0 aromatic rings. The quantitative estimate of drug-likeness (QED) is 0.728. The van der Waals surface area contributed by atoms with Crippen LogP contribution >= 0.6 is 0 Å². The average Bonchev–Trinajstić information content (AvgIpc) is 2.27. The number of carbonyl (C=O) groups is 2. The Balaban J connectivity index is 2.68. The lowest BCUT2D eigenvalue weighted by atomic mass is 9.90. The van der Waals surface area contributed by atoms with Crippen LogP contribution < -0.4 is 0 Å². The van der Waals surface area contributed by atoms with Gasteiger partial charge in [-0.25, -0.2) is 5.06 Å². The minimum atomic E-state index is -1.06. The Morgan fingerprint density at radius 1 is 1.71 bits per heavy atom. The van der Waals surface area contributed by atoms with E-state index in [0.717, 1.165) is 5.06 Å². The molecule has 0 aromatic heterocycles. The first-order valence-electron chi connectivity index (χ1n) is 4.56. The molecule has 1 aliphatic rings. The first-order chi connectivity index (χ1) is 6.35. The van der Waals surface area contributed by atoms with Crippen molar-refractivity contribution in [1.29, 1.82) is 0 Å². The molecule has 5 heteroatoms. The van der Waals surface area contributed by atoms with Crippen LogP contribution in [0, 0.1) is 5.92 Å². The maximum Gasteiger partial charge on any atom is 0.325 e. The van der Waals surface area contributed by atoms with Crippen LogP contribution in [-0.2, 0) is 14.4 Å². The van der Waals surface area contributed by atoms with E-state index in [1.165, 1.54) is 0 Å². The summed E-state index contributed by atoms with van der Waals surface area (Å²) < 4.78 is 0. The number of rotatable bonds is 3. The standard InChI is InChI=1S/C9H15NO4/c1-6(2)9(3)4-7(11)10(14-9)5-8(12)13/h6H,4-5H2,1-3H3,(H,12,13). The number of carboxylic acid groups (broad SMARTS) is 1. The van der Waals surface area contributed by atoms with Crippen LogP contribution in [0.1, 0.15) is 27.2 Å². The van der Waals surface area contributed by atoms with Gasteiger partial charge in [0.1, 0.15) is 12.1 Å². The average molecular weight is 201 g/mol. The lowest BCUT2D eigenvalue weighted by Crippen LogP contribution is -2.35. The van der Waals surface area contributed by atoms with Gasteiger partial charge in [0.2, 0.25) is 5.91 Å². The highest BCUT2D eigenvalue weighted by Gasteiger charge is 2.44. The number of hydrogen-bond donors (Lipinski definition) is 1. The van der Waals surface area contributed by atoms with Gasteiger partial charge in [-0.1, -0.05) is 13.8 Å². The molecule has 0 bridgehead atoms. The molecule has 0 aliphatic carbocycles. The molecule has 0 spiro atoms. The van der Waals surface area contributed by atoms with Gasteiger partial charge in [0.25, 0.3) is 0 Å². The monoisotopic (exact) mass is 201 g/mol. The number of hydrogen-bond acceptors (Lipinski definition) is 3. The molecule has 1 amide bonds. The van der Waals surface area contributed by atoms with Crippen molar-refractivity contribution in [1.82, 2.24) is 5.06 Å². The Morgan fingerprint density at radius 2 is 2.29 bits per heavy atom. The maximum absolute atomic E-state index is 11.4. The van der Waals surface area contributed by atoms with Crippen molar-refractivity contribution in [2.24, 2.45) is 5.92 Å². The predicted molar refractivity (Wildman–Crippen MR) is 48.3 cm³/mol. The molecule has 1 N–H and O–H groups in total. The van der Waals surface area contributed by atoms with Crippen LogP contribution in [0.2, 0.25) is 0 Å². The van der Waals surface area contributed by atoms with E-state index >= 15 is 0 Å². The smallest absolute Gasteiger partial charge is 0.325 e. The van der Waals surface area contributed by atoms with Crippen LogP contribution in [0.25, 0.3) is 0 Å². The van der Waals surface area contributed by atoms with Crippen LogP contribution in [0.15, 0.2) is 0 Å². The number of carbonyl (C=O) groups excluding carboxylic acids is 1. The normalized spacial score (nSPS) is 27.4. The summed E-state index contributed by atoms with van der Waals surface area (Å²) in [5.41, 5.74) is -0.563. The van der Waals surface area contributed by atoms with Gasteiger partial charge in [-0.15, -0.1) is 0 Å². The van der Waals surface area contributed by atoms with Crippen molar-refractivity contribution in [2.75, 3.05) is 6.54 Å². The molecular formula is C9H15NO4. The number of nitrogens with zero attached hydrogens (tertiary/aromatic N) is 1. The molecule has 1 rings (SSSR count). The second-order valence-electron chi connectivity index (χ2n) is 4.06. The second-order valence-corrected chi connectivity index (χ2v) is 4.06. The van der Waals surface area contributed by atoms with Crippen LogP contribution in [-0.4, -0.2) is 34.2 Å². The minimum absolute atomic E-state index is 0.172. The fraction of sp³-hybridized carbons (Fsp3) is 0.778. The summed E-state index contributed by atoms with van der Waals surface area (Å²) in [5.74, 6) is -1.15. The number of aliphatic carboxylic acids is 1. The maximum atomic E-state index is 11.4. The largest absolute Gasteiger partial charge is 0.480 e. The van der Waals surface area contributed by atoms with E-state index in [9.17, 15) is 9.59 Å². The summed E-state index contributed by atoms with van der Waals surface area (Å²) in [6.07, 6.45) is 0.248. The SMILES string of the molecule is CC(C)C1(C)CC(=O)N(CC(=O)O)O1. The number of hydroxylamine groups is 2. The molecule has 1 heterocycles. The fourth-order valence-electron chi connectivity index (χ4n) is 1.28. The zero-order chi connectivity index (χ0) is 10.9. The second kappa shape index (κ2) is 3.57. The Bertz CT molecular complexity index is 264. The molecule has 1 unspecified atom stereocenters. The van der Waals surface area contributed by atoms with Crippen molar-refractivity contribution in [3.05, 3.63) is 0 Å². The van der Waals surface area contributed by atoms with Gasteiger partial charge in [-0.05, 0) is 12.8 Å². The van der Waals surface area contributed by atoms with Crippen molar-refractivity contribution in [3.8, 4) is 0 Å². The Hall–Kier alpha value is -1.10. The lowest BCUT2D eigenvalue weighted by molar-refractivity contribution is -0.209.